The fraction of sp³-hybridized carbons (Fsp3) is 0.600. The Morgan fingerprint density at radius 2 is 1.72 bits per heavy atom. The zero-order valence-electron chi connectivity index (χ0n) is 11.8. The van der Waals surface area contributed by atoms with Crippen molar-refractivity contribution in [1.29, 1.82) is 0 Å². The van der Waals surface area contributed by atoms with Gasteiger partial charge in [-0.2, -0.15) is 0 Å². The van der Waals surface area contributed by atoms with Crippen molar-refractivity contribution in [3.63, 3.8) is 0 Å². The number of carbonyl (C=O) groups excluding carboxylic acids is 2. The molecule has 3 heteroatoms. The molecule has 0 bridgehead atoms. The van der Waals surface area contributed by atoms with Gasteiger partial charge < -0.3 is 4.42 Å². The van der Waals surface area contributed by atoms with E-state index in [-0.39, 0.29) is 17.5 Å². The summed E-state index contributed by atoms with van der Waals surface area (Å²) < 4.78 is 5.62. The van der Waals surface area contributed by atoms with Gasteiger partial charge in [0.05, 0.1) is 5.92 Å². The van der Waals surface area contributed by atoms with Gasteiger partial charge in [0.1, 0.15) is 23.1 Å². The summed E-state index contributed by atoms with van der Waals surface area (Å²) in [4.78, 5) is 23.5. The summed E-state index contributed by atoms with van der Waals surface area (Å²) in [6.45, 7) is 9.00. The minimum Gasteiger partial charge on any atom is -0.466 e. The predicted octanol–water partition coefficient (Wildman–Crippen LogP) is 3.51. The van der Waals surface area contributed by atoms with Gasteiger partial charge in [-0.3, -0.25) is 9.59 Å². The van der Waals surface area contributed by atoms with E-state index >= 15 is 0 Å². The Bertz CT molecular complexity index is 415. The van der Waals surface area contributed by atoms with E-state index in [0.717, 1.165) is 17.9 Å². The van der Waals surface area contributed by atoms with Crippen molar-refractivity contribution in [3.05, 3.63) is 23.7 Å². The van der Waals surface area contributed by atoms with Crippen LogP contribution in [0.25, 0.3) is 0 Å². The summed E-state index contributed by atoms with van der Waals surface area (Å²) in [5, 5.41) is 0. The summed E-state index contributed by atoms with van der Waals surface area (Å²) in [6.07, 6.45) is 0.775. The molecule has 0 saturated heterocycles. The predicted molar refractivity (Wildman–Crippen MR) is 70.5 cm³/mol. The Labute approximate surface area is 109 Å². The van der Waals surface area contributed by atoms with Crippen molar-refractivity contribution in [2.45, 2.75) is 47.0 Å². The Kier molecular flexibility index (Phi) is 4.88. The summed E-state index contributed by atoms with van der Waals surface area (Å²) >= 11 is 0. The Balaban J connectivity index is 3.10. The fourth-order valence-electron chi connectivity index (χ4n) is 2.43. The molecule has 1 aromatic heterocycles. The van der Waals surface area contributed by atoms with E-state index in [1.165, 1.54) is 13.8 Å². The van der Waals surface area contributed by atoms with Crippen LogP contribution in [-0.2, 0) is 9.59 Å². The molecule has 18 heavy (non-hydrogen) atoms. The van der Waals surface area contributed by atoms with Gasteiger partial charge in [-0.15, -0.1) is 0 Å². The SMILES string of the molecule is CC(=O)C(C(C)=O)C(CC(C)C)c1ccc(C)o1. The number of furan rings is 1. The normalized spacial score (nSPS) is 13.1. The van der Waals surface area contributed by atoms with E-state index in [1.807, 2.05) is 19.1 Å². The Morgan fingerprint density at radius 3 is 2.06 bits per heavy atom. The Hall–Kier alpha value is -1.38. The van der Waals surface area contributed by atoms with Gasteiger partial charge in [0, 0.05) is 5.92 Å². The average molecular weight is 250 g/mol. The molecule has 0 N–H and O–H groups in total. The Morgan fingerprint density at radius 1 is 1.17 bits per heavy atom. The van der Waals surface area contributed by atoms with Crippen LogP contribution in [0.5, 0.6) is 0 Å². The number of aryl methyl sites for hydroxylation is 1. The first kappa shape index (κ1) is 14.7. The minimum atomic E-state index is -0.585. The van der Waals surface area contributed by atoms with E-state index in [1.54, 1.807) is 0 Å². The standard InChI is InChI=1S/C15H22O3/c1-9(2)8-13(14-7-6-10(3)18-14)15(11(4)16)12(5)17/h6-7,9,13,15H,8H2,1-5H3. The van der Waals surface area contributed by atoms with Crippen molar-refractivity contribution in [1.82, 2.24) is 0 Å². The van der Waals surface area contributed by atoms with Crippen LogP contribution >= 0.6 is 0 Å². The molecule has 1 rings (SSSR count). The first-order chi connectivity index (χ1) is 8.32. The topological polar surface area (TPSA) is 47.3 Å². The summed E-state index contributed by atoms with van der Waals surface area (Å²) in [5.41, 5.74) is 0. The monoisotopic (exact) mass is 250 g/mol. The molecular weight excluding hydrogens is 228 g/mol. The molecule has 0 aliphatic heterocycles. The lowest BCUT2D eigenvalue weighted by Gasteiger charge is -2.23. The summed E-state index contributed by atoms with van der Waals surface area (Å²) in [5.74, 6) is 1.07. The lowest BCUT2D eigenvalue weighted by Crippen LogP contribution is -2.27. The van der Waals surface area contributed by atoms with Gasteiger partial charge >= 0.3 is 0 Å². The van der Waals surface area contributed by atoms with Gasteiger partial charge in [0.15, 0.2) is 0 Å². The molecule has 0 aliphatic rings. The van der Waals surface area contributed by atoms with Crippen LogP contribution in [0.1, 0.15) is 51.6 Å². The van der Waals surface area contributed by atoms with Crippen molar-refractivity contribution >= 4 is 11.6 Å². The van der Waals surface area contributed by atoms with Crippen LogP contribution in [0.3, 0.4) is 0 Å². The zero-order valence-corrected chi connectivity index (χ0v) is 11.8. The third kappa shape index (κ3) is 3.56. The molecule has 0 spiro atoms. The molecule has 1 atom stereocenters. The molecule has 0 saturated carbocycles. The second kappa shape index (κ2) is 5.98. The average Bonchev–Trinajstić information content (AvgIpc) is 2.61. The number of ketones is 2. The van der Waals surface area contributed by atoms with Crippen LogP contribution in [0.2, 0.25) is 0 Å². The molecule has 0 aromatic carbocycles. The van der Waals surface area contributed by atoms with Crippen LogP contribution in [-0.4, -0.2) is 11.6 Å². The molecule has 0 aliphatic carbocycles. The maximum Gasteiger partial charge on any atom is 0.140 e. The quantitative estimate of drug-likeness (QED) is 0.726. The zero-order chi connectivity index (χ0) is 13.9. The maximum atomic E-state index is 11.7. The lowest BCUT2D eigenvalue weighted by atomic mass is 9.79. The molecule has 3 nitrogen and oxygen atoms in total. The highest BCUT2D eigenvalue weighted by Crippen LogP contribution is 2.33. The van der Waals surface area contributed by atoms with Gasteiger partial charge in [0.2, 0.25) is 0 Å². The van der Waals surface area contributed by atoms with Gasteiger partial charge in [-0.05, 0) is 45.2 Å². The molecule has 1 unspecified atom stereocenters. The smallest absolute Gasteiger partial charge is 0.140 e. The third-order valence-electron chi connectivity index (χ3n) is 3.13. The molecular formula is C15H22O3. The molecule has 0 fully saturated rings. The maximum absolute atomic E-state index is 11.7. The van der Waals surface area contributed by atoms with Crippen LogP contribution in [0, 0.1) is 18.8 Å². The van der Waals surface area contributed by atoms with Crippen molar-refractivity contribution in [2.75, 3.05) is 0 Å². The molecule has 1 aromatic rings. The number of Topliss-reactive ketones (excluding diaryl/α,β-unsaturated/α-hetero) is 2. The minimum absolute atomic E-state index is 0.0813. The second-order valence-electron chi connectivity index (χ2n) is 5.38. The van der Waals surface area contributed by atoms with Crippen molar-refractivity contribution < 1.29 is 14.0 Å². The van der Waals surface area contributed by atoms with Gasteiger partial charge in [-0.25, -0.2) is 0 Å². The number of hydrogen-bond donors (Lipinski definition) is 0. The van der Waals surface area contributed by atoms with E-state index < -0.39 is 5.92 Å². The van der Waals surface area contributed by atoms with Crippen LogP contribution in [0.4, 0.5) is 0 Å². The number of hydrogen-bond acceptors (Lipinski definition) is 3. The van der Waals surface area contributed by atoms with Gasteiger partial charge in [-0.1, -0.05) is 13.8 Å². The van der Waals surface area contributed by atoms with Crippen molar-refractivity contribution in [3.8, 4) is 0 Å². The van der Waals surface area contributed by atoms with E-state index in [2.05, 4.69) is 13.8 Å². The second-order valence-corrected chi connectivity index (χ2v) is 5.38. The highest BCUT2D eigenvalue weighted by molar-refractivity contribution is 6.01. The van der Waals surface area contributed by atoms with E-state index in [0.29, 0.717) is 5.92 Å². The highest BCUT2D eigenvalue weighted by atomic mass is 16.3. The molecule has 1 heterocycles. The fourth-order valence-corrected chi connectivity index (χ4v) is 2.43. The number of carbonyl (C=O) groups is 2. The largest absolute Gasteiger partial charge is 0.466 e. The number of rotatable bonds is 6. The molecule has 0 radical (unpaired) electrons. The van der Waals surface area contributed by atoms with Crippen molar-refractivity contribution in [2.24, 2.45) is 11.8 Å². The summed E-state index contributed by atoms with van der Waals surface area (Å²) in [7, 11) is 0. The van der Waals surface area contributed by atoms with Crippen LogP contribution < -0.4 is 0 Å². The first-order valence-electron chi connectivity index (χ1n) is 6.40. The molecule has 0 amide bonds. The molecule has 100 valence electrons. The third-order valence-corrected chi connectivity index (χ3v) is 3.13. The van der Waals surface area contributed by atoms with E-state index in [4.69, 9.17) is 4.42 Å². The van der Waals surface area contributed by atoms with Gasteiger partial charge in [0.25, 0.3) is 0 Å². The van der Waals surface area contributed by atoms with Crippen LogP contribution in [0.15, 0.2) is 16.5 Å². The summed E-state index contributed by atoms with van der Waals surface area (Å²) in [6, 6.07) is 3.75. The first-order valence-corrected chi connectivity index (χ1v) is 6.40. The lowest BCUT2D eigenvalue weighted by molar-refractivity contribution is -0.131. The van der Waals surface area contributed by atoms with E-state index in [9.17, 15) is 9.59 Å². The highest BCUT2D eigenvalue weighted by Gasteiger charge is 2.33.